The van der Waals surface area contributed by atoms with Crippen molar-refractivity contribution in [1.29, 1.82) is 10.5 Å². The summed E-state index contributed by atoms with van der Waals surface area (Å²) in [6.07, 6.45) is 2.19. The number of carbonyl (C=O) groups excluding carboxylic acids is 1. The van der Waals surface area contributed by atoms with Crippen LogP contribution >= 0.6 is 0 Å². The maximum Gasteiger partial charge on any atom is 0.407 e. The zero-order valence-corrected chi connectivity index (χ0v) is 26.3. The molecule has 3 aromatic rings. The average molecular weight is 617 g/mol. The van der Waals surface area contributed by atoms with Gasteiger partial charge in [0.15, 0.2) is 0 Å². The van der Waals surface area contributed by atoms with Gasteiger partial charge in [-0.3, -0.25) is 4.79 Å². The van der Waals surface area contributed by atoms with Gasteiger partial charge in [0.2, 0.25) is 5.95 Å². The van der Waals surface area contributed by atoms with E-state index in [-0.39, 0.29) is 36.4 Å². The largest absolute Gasteiger partial charge is 0.444 e. The number of nitrogens with one attached hydrogen (secondary N) is 1. The van der Waals surface area contributed by atoms with Crippen LogP contribution in [0.4, 0.5) is 14.9 Å². The third-order valence-electron chi connectivity index (χ3n) is 7.78. The van der Waals surface area contributed by atoms with Crippen LogP contribution in [0.25, 0.3) is 11.0 Å². The van der Waals surface area contributed by atoms with Crippen LogP contribution in [0.3, 0.4) is 0 Å². The third kappa shape index (κ3) is 7.55. The van der Waals surface area contributed by atoms with Crippen molar-refractivity contribution in [2.45, 2.75) is 65.0 Å². The van der Waals surface area contributed by atoms with Gasteiger partial charge >= 0.3 is 6.09 Å². The van der Waals surface area contributed by atoms with Gasteiger partial charge < -0.3 is 24.4 Å². The second kappa shape index (κ2) is 13.7. The van der Waals surface area contributed by atoms with E-state index in [9.17, 15) is 24.5 Å². The molecule has 1 fully saturated rings. The number of halogens is 1. The molecule has 3 aromatic heterocycles. The molecule has 0 unspecified atom stereocenters. The molecule has 1 amide bonds. The number of oxime groups is 1. The van der Waals surface area contributed by atoms with Gasteiger partial charge in [0.25, 0.3) is 5.56 Å². The highest BCUT2D eigenvalue weighted by Crippen LogP contribution is 2.35. The van der Waals surface area contributed by atoms with Crippen molar-refractivity contribution >= 4 is 28.5 Å². The second-order valence-corrected chi connectivity index (χ2v) is 12.0. The zero-order valence-electron chi connectivity index (χ0n) is 26.3. The fraction of sp³-hybridized carbons (Fsp3) is 0.469. The van der Waals surface area contributed by atoms with E-state index in [2.05, 4.69) is 26.5 Å². The van der Waals surface area contributed by atoms with Crippen LogP contribution in [-0.4, -0.2) is 58.2 Å². The van der Waals surface area contributed by atoms with Crippen molar-refractivity contribution in [1.82, 2.24) is 19.9 Å². The number of hydrogen-bond donors (Lipinski definition) is 1. The third-order valence-corrected chi connectivity index (χ3v) is 7.78. The summed E-state index contributed by atoms with van der Waals surface area (Å²) in [5.74, 6) is -0.635. The van der Waals surface area contributed by atoms with E-state index in [0.717, 1.165) is 0 Å². The van der Waals surface area contributed by atoms with Crippen molar-refractivity contribution in [3.8, 4) is 12.1 Å². The number of rotatable bonds is 8. The highest BCUT2D eigenvalue weighted by molar-refractivity contribution is 6.02. The number of carbonyl (C=O) groups is 1. The molecule has 45 heavy (non-hydrogen) atoms. The summed E-state index contributed by atoms with van der Waals surface area (Å²) >= 11 is 0. The Labute approximate surface area is 261 Å². The number of hydrogen-bond acceptors (Lipinski definition) is 10. The standard InChI is InChI=1S/C32H37FN8O4/c1-19-23(12-14-26(33)37-19)27(39-44-16-15-36-31(43)45-32(2,3)4)20-7-10-22(11-8-20)40(5)29-24(18-35)30(42)41(6)25-13-9-21(17-34)38-28(25)29/h9,12-14,20,22H,7-8,10-11,15-16H2,1-6H3,(H,36,43)/b39-27-. The van der Waals surface area contributed by atoms with E-state index in [1.54, 1.807) is 52.9 Å². The van der Waals surface area contributed by atoms with Gasteiger partial charge in [-0.05, 0) is 77.6 Å². The highest BCUT2D eigenvalue weighted by Gasteiger charge is 2.32. The number of amides is 1. The van der Waals surface area contributed by atoms with Crippen LogP contribution in [0.2, 0.25) is 0 Å². The Morgan fingerprint density at radius 2 is 1.87 bits per heavy atom. The molecule has 3 heterocycles. The van der Waals surface area contributed by atoms with Crippen LogP contribution in [0.1, 0.15) is 69.0 Å². The lowest BCUT2D eigenvalue weighted by Crippen LogP contribution is -2.39. The fourth-order valence-corrected chi connectivity index (χ4v) is 5.59. The Morgan fingerprint density at radius 1 is 1.16 bits per heavy atom. The first-order valence-corrected chi connectivity index (χ1v) is 14.7. The molecule has 0 atom stereocenters. The molecule has 13 heteroatoms. The van der Waals surface area contributed by atoms with Crippen LogP contribution in [0.15, 0.2) is 34.2 Å². The van der Waals surface area contributed by atoms with Crippen LogP contribution in [0.5, 0.6) is 0 Å². The lowest BCUT2D eigenvalue weighted by atomic mass is 9.80. The molecule has 0 aliphatic heterocycles. The van der Waals surface area contributed by atoms with Crippen molar-refractivity contribution in [3.05, 3.63) is 63.1 Å². The van der Waals surface area contributed by atoms with Gasteiger partial charge in [-0.1, -0.05) is 5.16 Å². The molecule has 1 aliphatic carbocycles. The molecule has 0 saturated heterocycles. The van der Waals surface area contributed by atoms with Gasteiger partial charge in [0.1, 0.15) is 41.1 Å². The van der Waals surface area contributed by atoms with Crippen molar-refractivity contribution in [2.24, 2.45) is 18.1 Å². The number of anilines is 1. The quantitative estimate of drug-likeness (QED) is 0.167. The minimum absolute atomic E-state index is 0.0270. The smallest absolute Gasteiger partial charge is 0.407 e. The molecule has 0 radical (unpaired) electrons. The summed E-state index contributed by atoms with van der Waals surface area (Å²) in [4.78, 5) is 41.0. The monoisotopic (exact) mass is 616 g/mol. The van der Waals surface area contributed by atoms with Crippen molar-refractivity contribution < 1.29 is 18.8 Å². The second-order valence-electron chi connectivity index (χ2n) is 12.0. The van der Waals surface area contributed by atoms with Crippen LogP contribution in [-0.2, 0) is 16.6 Å². The van der Waals surface area contributed by atoms with Gasteiger partial charge in [-0.25, -0.2) is 14.8 Å². The molecule has 1 saturated carbocycles. The highest BCUT2D eigenvalue weighted by atomic mass is 19.1. The number of aromatic nitrogens is 3. The number of pyridine rings is 3. The summed E-state index contributed by atoms with van der Waals surface area (Å²) in [6, 6.07) is 10.2. The number of aryl methyl sites for hydroxylation is 2. The number of nitriles is 2. The molecule has 1 aliphatic rings. The molecule has 0 bridgehead atoms. The van der Waals surface area contributed by atoms with E-state index < -0.39 is 23.2 Å². The number of alkyl carbamates (subject to hydrolysis) is 1. The molecule has 1 N–H and O–H groups in total. The van der Waals surface area contributed by atoms with E-state index in [1.807, 2.05) is 18.0 Å². The lowest BCUT2D eigenvalue weighted by molar-refractivity contribution is 0.0501. The molecule has 0 aromatic carbocycles. The van der Waals surface area contributed by atoms with Crippen molar-refractivity contribution in [3.63, 3.8) is 0 Å². The predicted octanol–water partition coefficient (Wildman–Crippen LogP) is 4.46. The summed E-state index contributed by atoms with van der Waals surface area (Å²) < 4.78 is 20.5. The topological polar surface area (TPSA) is 159 Å². The van der Waals surface area contributed by atoms with Gasteiger partial charge in [0, 0.05) is 37.3 Å². The summed E-state index contributed by atoms with van der Waals surface area (Å²) in [5, 5.41) is 26.5. The van der Waals surface area contributed by atoms with Gasteiger partial charge in [-0.15, -0.1) is 0 Å². The number of ether oxygens (including phenoxy) is 1. The molecule has 12 nitrogen and oxygen atoms in total. The molecule has 236 valence electrons. The molecule has 4 rings (SSSR count). The minimum Gasteiger partial charge on any atom is -0.444 e. The van der Waals surface area contributed by atoms with Crippen molar-refractivity contribution in [2.75, 3.05) is 25.1 Å². The summed E-state index contributed by atoms with van der Waals surface area (Å²) in [6.45, 7) is 7.31. The van der Waals surface area contributed by atoms with E-state index >= 15 is 0 Å². The van der Waals surface area contributed by atoms with Crippen LogP contribution in [0, 0.1) is 41.5 Å². The Hall–Kier alpha value is -5.04. The maximum absolute atomic E-state index is 13.9. The first-order valence-electron chi connectivity index (χ1n) is 14.7. The molecular weight excluding hydrogens is 579 g/mol. The van der Waals surface area contributed by atoms with Gasteiger partial charge in [0.05, 0.1) is 23.5 Å². The Morgan fingerprint density at radius 3 is 2.49 bits per heavy atom. The normalized spacial score (nSPS) is 16.9. The average Bonchev–Trinajstić information content (AvgIpc) is 2.99. The van der Waals surface area contributed by atoms with E-state index in [0.29, 0.717) is 59.4 Å². The Bertz CT molecular complexity index is 1760. The number of fused-ring (bicyclic) bond motifs is 1. The molecule has 0 spiro atoms. The first-order chi connectivity index (χ1) is 21.3. The Balaban J connectivity index is 1.55. The summed E-state index contributed by atoms with van der Waals surface area (Å²) in [5.41, 5.74) is 2.25. The van der Waals surface area contributed by atoms with E-state index in [1.165, 1.54) is 10.6 Å². The zero-order chi connectivity index (χ0) is 32.9. The maximum atomic E-state index is 13.9. The lowest BCUT2D eigenvalue weighted by Gasteiger charge is -2.37. The van der Waals surface area contributed by atoms with E-state index in [4.69, 9.17) is 9.57 Å². The van der Waals surface area contributed by atoms with Gasteiger partial charge in [-0.2, -0.15) is 14.9 Å². The SMILES string of the molecule is Cc1nc(F)ccc1/C(=N\OCCNC(=O)OC(C)(C)C)C1CCC(N(C)c2c(C#N)c(=O)n(C)c3ccc(C#N)nc23)CC1. The summed E-state index contributed by atoms with van der Waals surface area (Å²) in [7, 11) is 3.42. The number of nitrogens with zero attached hydrogens (tertiary/aromatic N) is 7. The van der Waals surface area contributed by atoms with Crippen LogP contribution < -0.4 is 15.8 Å². The molecular formula is C32H37FN8O4. The predicted molar refractivity (Wildman–Crippen MR) is 166 cm³/mol. The Kier molecular flexibility index (Phi) is 10.0. The fourth-order valence-electron chi connectivity index (χ4n) is 5.59. The first kappa shape index (κ1) is 32.9. The minimum atomic E-state index is -0.620.